The Labute approximate surface area is 166 Å². The minimum Gasteiger partial charge on any atom is -0.545 e. The number of carbonyl (C=O) groups is 1. The molecular formula is C22H29N3O3. The molecule has 1 saturated heterocycles. The molecule has 0 spiro atoms. The van der Waals surface area contributed by atoms with Crippen LogP contribution in [0.4, 0.5) is 17.1 Å². The van der Waals surface area contributed by atoms with Gasteiger partial charge in [0.15, 0.2) is 0 Å². The molecule has 3 rings (SSSR count). The Kier molecular flexibility index (Phi) is 6.90. The van der Waals surface area contributed by atoms with E-state index < -0.39 is 5.97 Å². The number of quaternary nitrogens is 1. The summed E-state index contributed by atoms with van der Waals surface area (Å²) in [6.07, 6.45) is 0. The average Bonchev–Trinajstić information content (AvgIpc) is 2.74. The van der Waals surface area contributed by atoms with E-state index >= 15 is 0 Å². The molecule has 2 aromatic rings. The first-order chi connectivity index (χ1) is 13.6. The Morgan fingerprint density at radius 2 is 1.79 bits per heavy atom. The third-order valence-corrected chi connectivity index (χ3v) is 5.28. The van der Waals surface area contributed by atoms with Gasteiger partial charge in [0.2, 0.25) is 0 Å². The number of ether oxygens (including phenoxy) is 1. The number of carboxylic acids is 1. The average molecular weight is 383 g/mol. The molecule has 150 valence electrons. The highest BCUT2D eigenvalue weighted by Crippen LogP contribution is 2.25. The Morgan fingerprint density at radius 1 is 1.11 bits per heavy atom. The van der Waals surface area contributed by atoms with Crippen molar-refractivity contribution < 1.29 is 19.5 Å². The van der Waals surface area contributed by atoms with Gasteiger partial charge in [0.25, 0.3) is 0 Å². The number of nitrogens with one attached hydrogen (secondary N) is 2. The van der Waals surface area contributed by atoms with Crippen LogP contribution in [0, 0.1) is 0 Å². The normalized spacial score (nSPS) is 14.3. The largest absolute Gasteiger partial charge is 0.545 e. The van der Waals surface area contributed by atoms with Gasteiger partial charge < -0.3 is 29.8 Å². The molecule has 1 heterocycles. The number of morpholine rings is 1. The number of anilines is 2. The first-order valence-electron chi connectivity index (χ1n) is 9.98. The van der Waals surface area contributed by atoms with Gasteiger partial charge in [0, 0.05) is 36.6 Å². The topological polar surface area (TPSA) is 69.1 Å². The molecule has 1 aliphatic heterocycles. The maximum atomic E-state index is 11.6. The van der Waals surface area contributed by atoms with Crippen LogP contribution in [0.1, 0.15) is 29.8 Å². The summed E-state index contributed by atoms with van der Waals surface area (Å²) in [5.74, 6) is -1.16. The number of aromatic carboxylic acids is 1. The first-order valence-corrected chi connectivity index (χ1v) is 9.98. The predicted octanol–water partition coefficient (Wildman–Crippen LogP) is 1.06. The molecule has 2 aromatic carbocycles. The fraction of sp³-hybridized carbons (Fsp3) is 0.409. The molecule has 2 N–H and O–H groups in total. The summed E-state index contributed by atoms with van der Waals surface area (Å²) in [4.78, 5) is 15.1. The molecule has 0 atom stereocenters. The zero-order valence-corrected chi connectivity index (χ0v) is 16.7. The minimum atomic E-state index is -1.16. The van der Waals surface area contributed by atoms with Gasteiger partial charge in [-0.05, 0) is 49.7 Å². The molecule has 6 nitrogen and oxygen atoms in total. The van der Waals surface area contributed by atoms with Crippen molar-refractivity contribution in [1.29, 1.82) is 0 Å². The number of hydrogen-bond acceptors (Lipinski definition) is 5. The highest BCUT2D eigenvalue weighted by Gasteiger charge is 2.16. The van der Waals surface area contributed by atoms with Crippen LogP contribution in [0.2, 0.25) is 0 Å². The van der Waals surface area contributed by atoms with Gasteiger partial charge in [-0.1, -0.05) is 12.1 Å². The second kappa shape index (κ2) is 9.57. The van der Waals surface area contributed by atoms with Crippen molar-refractivity contribution >= 4 is 23.0 Å². The van der Waals surface area contributed by atoms with Crippen LogP contribution in [0.5, 0.6) is 0 Å². The molecule has 6 heteroatoms. The molecule has 0 saturated carbocycles. The summed E-state index contributed by atoms with van der Waals surface area (Å²) >= 11 is 0. The van der Waals surface area contributed by atoms with E-state index in [9.17, 15) is 9.90 Å². The zero-order valence-electron chi connectivity index (χ0n) is 16.7. The van der Waals surface area contributed by atoms with Crippen molar-refractivity contribution in [1.82, 2.24) is 0 Å². The summed E-state index contributed by atoms with van der Waals surface area (Å²) in [6.45, 7) is 9.73. The van der Waals surface area contributed by atoms with Gasteiger partial charge >= 0.3 is 0 Å². The lowest BCUT2D eigenvalue weighted by Crippen LogP contribution is -3.06. The van der Waals surface area contributed by atoms with E-state index in [4.69, 9.17) is 4.74 Å². The molecule has 0 amide bonds. The van der Waals surface area contributed by atoms with Crippen LogP contribution in [-0.4, -0.2) is 45.4 Å². The standard InChI is InChI=1S/C22H29N3O3/c1-3-24(4-2)19-8-5-17(6-9-19)16-23-18-7-10-21(20(15-18)22(26)27)25-11-13-28-14-12-25/h5-10,15,23H,3-4,11-14,16H2,1-2H3,(H,26,27). The van der Waals surface area contributed by atoms with E-state index in [0.29, 0.717) is 38.5 Å². The summed E-state index contributed by atoms with van der Waals surface area (Å²) in [7, 11) is 0. The number of benzene rings is 2. The van der Waals surface area contributed by atoms with Crippen molar-refractivity contribution in [2.45, 2.75) is 20.4 Å². The lowest BCUT2D eigenvalue weighted by Gasteiger charge is -2.31. The van der Waals surface area contributed by atoms with Gasteiger partial charge in [-0.2, -0.15) is 0 Å². The van der Waals surface area contributed by atoms with Crippen molar-refractivity contribution in [3.05, 3.63) is 53.6 Å². The molecule has 0 bridgehead atoms. The Bertz CT molecular complexity index is 782. The monoisotopic (exact) mass is 383 g/mol. The Hall–Kier alpha value is -2.57. The van der Waals surface area contributed by atoms with Gasteiger partial charge in [-0.25, -0.2) is 0 Å². The summed E-state index contributed by atoms with van der Waals surface area (Å²) in [5.41, 5.74) is 4.13. The zero-order chi connectivity index (χ0) is 19.9. The van der Waals surface area contributed by atoms with Crippen LogP contribution in [0.3, 0.4) is 0 Å². The third-order valence-electron chi connectivity index (χ3n) is 5.28. The van der Waals surface area contributed by atoms with E-state index in [2.05, 4.69) is 43.4 Å². The maximum absolute atomic E-state index is 11.6. The second-order valence-electron chi connectivity index (χ2n) is 6.98. The quantitative estimate of drug-likeness (QED) is 0.713. The van der Waals surface area contributed by atoms with Crippen LogP contribution in [-0.2, 0) is 11.3 Å². The third kappa shape index (κ3) is 4.82. The van der Waals surface area contributed by atoms with Crippen molar-refractivity contribution in [2.75, 3.05) is 49.6 Å². The summed E-state index contributed by atoms with van der Waals surface area (Å²) in [6, 6.07) is 14.0. The molecular weight excluding hydrogens is 354 g/mol. The Balaban J connectivity index is 1.69. The summed E-state index contributed by atoms with van der Waals surface area (Å²) < 4.78 is 5.35. The maximum Gasteiger partial charge on any atom is 0.131 e. The Morgan fingerprint density at radius 3 is 2.39 bits per heavy atom. The van der Waals surface area contributed by atoms with Gasteiger partial charge in [0.1, 0.15) is 5.69 Å². The fourth-order valence-electron chi connectivity index (χ4n) is 3.61. The molecule has 1 aliphatic rings. The van der Waals surface area contributed by atoms with Gasteiger partial charge in [-0.3, -0.25) is 0 Å². The molecule has 0 aliphatic carbocycles. The predicted molar refractivity (Wildman–Crippen MR) is 109 cm³/mol. The highest BCUT2D eigenvalue weighted by molar-refractivity contribution is 5.94. The van der Waals surface area contributed by atoms with Crippen LogP contribution in [0.25, 0.3) is 0 Å². The van der Waals surface area contributed by atoms with Crippen molar-refractivity contribution in [3.8, 4) is 0 Å². The van der Waals surface area contributed by atoms with Crippen LogP contribution in [0.15, 0.2) is 42.5 Å². The van der Waals surface area contributed by atoms with Gasteiger partial charge in [0.05, 0.1) is 32.3 Å². The molecule has 0 radical (unpaired) electrons. The fourth-order valence-corrected chi connectivity index (χ4v) is 3.61. The first kappa shape index (κ1) is 20.2. The van der Waals surface area contributed by atoms with Gasteiger partial charge in [-0.15, -0.1) is 0 Å². The molecule has 1 fully saturated rings. The van der Waals surface area contributed by atoms with Crippen molar-refractivity contribution in [2.24, 2.45) is 0 Å². The molecule has 0 unspecified atom stereocenters. The lowest BCUT2D eigenvalue weighted by molar-refractivity contribution is -0.828. The van der Waals surface area contributed by atoms with E-state index in [1.807, 2.05) is 17.0 Å². The summed E-state index contributed by atoms with van der Waals surface area (Å²) in [5, 5.41) is 15.0. The SMILES string of the molecule is CC[NH+](CC)c1ccc(CNc2ccc(N3CCOCC3)c(C(=O)[O-])c2)cc1. The minimum absolute atomic E-state index is 0.215. The lowest BCUT2D eigenvalue weighted by atomic mass is 10.1. The smallest absolute Gasteiger partial charge is 0.131 e. The molecule has 28 heavy (non-hydrogen) atoms. The second-order valence-corrected chi connectivity index (χ2v) is 6.98. The number of carboxylic acid groups (broad SMARTS) is 1. The number of rotatable bonds is 8. The highest BCUT2D eigenvalue weighted by atomic mass is 16.5. The van der Waals surface area contributed by atoms with Crippen LogP contribution >= 0.6 is 0 Å². The number of nitrogens with zero attached hydrogens (tertiary/aromatic N) is 1. The van der Waals surface area contributed by atoms with Crippen molar-refractivity contribution in [3.63, 3.8) is 0 Å². The van der Waals surface area contributed by atoms with E-state index in [-0.39, 0.29) is 5.56 Å². The van der Waals surface area contributed by atoms with E-state index in [0.717, 1.165) is 24.3 Å². The van der Waals surface area contributed by atoms with E-state index in [1.165, 1.54) is 10.6 Å². The van der Waals surface area contributed by atoms with E-state index in [1.54, 1.807) is 6.07 Å². The number of hydrogen-bond donors (Lipinski definition) is 2. The number of carbonyl (C=O) groups excluding carboxylic acids is 1. The molecule has 0 aromatic heterocycles. The van der Waals surface area contributed by atoms with Crippen LogP contribution < -0.4 is 20.2 Å².